The molecule has 0 unspecified atom stereocenters. The lowest BCUT2D eigenvalue weighted by Gasteiger charge is -2.26. The molecule has 0 radical (unpaired) electrons. The zero-order valence-electron chi connectivity index (χ0n) is 22.1. The van der Waals surface area contributed by atoms with Crippen LogP contribution in [0.5, 0.6) is 23.0 Å². The molecular formula is C31H20F6O6. The lowest BCUT2D eigenvalue weighted by atomic mass is 10.00. The van der Waals surface area contributed by atoms with Gasteiger partial charge in [-0.1, -0.05) is 12.1 Å². The van der Waals surface area contributed by atoms with Crippen LogP contribution >= 0.6 is 0 Å². The van der Waals surface area contributed by atoms with Crippen molar-refractivity contribution in [2.24, 2.45) is 0 Å². The van der Waals surface area contributed by atoms with Crippen LogP contribution in [0, 0.1) is 0 Å². The first-order chi connectivity index (χ1) is 20.3. The highest BCUT2D eigenvalue weighted by Crippen LogP contribution is 2.49. The Labute approximate surface area is 240 Å². The smallest absolute Gasteiger partial charge is 0.416 e. The number of alkyl halides is 6. The van der Waals surface area contributed by atoms with Gasteiger partial charge in [-0.2, -0.15) is 26.3 Å². The molecule has 43 heavy (non-hydrogen) atoms. The molecule has 1 heterocycles. The van der Waals surface area contributed by atoms with E-state index in [2.05, 4.69) is 0 Å². The van der Waals surface area contributed by atoms with Gasteiger partial charge in [0.1, 0.15) is 35.7 Å². The molecule has 0 aliphatic carbocycles. The summed E-state index contributed by atoms with van der Waals surface area (Å²) in [6.07, 6.45) is -9.67. The molecule has 0 amide bonds. The molecule has 0 fully saturated rings. The first-order valence-electron chi connectivity index (χ1n) is 12.7. The topological polar surface area (TPSA) is 71.1 Å². The molecule has 0 spiro atoms. The molecule has 4 aromatic carbocycles. The average Bonchev–Trinajstić information content (AvgIpc) is 2.95. The van der Waals surface area contributed by atoms with E-state index in [1.165, 1.54) is 24.3 Å². The van der Waals surface area contributed by atoms with Gasteiger partial charge in [0.2, 0.25) is 0 Å². The van der Waals surface area contributed by atoms with Gasteiger partial charge in [-0.3, -0.25) is 0 Å². The number of hydrogen-bond acceptors (Lipinski definition) is 6. The van der Waals surface area contributed by atoms with Gasteiger partial charge in [0.05, 0.1) is 33.4 Å². The summed E-state index contributed by atoms with van der Waals surface area (Å²) >= 11 is 0. The van der Waals surface area contributed by atoms with Crippen LogP contribution in [0.15, 0.2) is 84.9 Å². The number of halogens is 6. The normalized spacial score (nSPS) is 14.6. The molecule has 0 bridgehead atoms. The van der Waals surface area contributed by atoms with Crippen molar-refractivity contribution in [2.75, 3.05) is 6.61 Å². The van der Waals surface area contributed by atoms with Crippen molar-refractivity contribution in [1.29, 1.82) is 0 Å². The van der Waals surface area contributed by atoms with Crippen LogP contribution < -0.4 is 18.9 Å². The number of carbonyl (C=O) groups excluding carboxylic acids is 2. The Hall–Kier alpha value is -5.00. The van der Waals surface area contributed by atoms with Crippen LogP contribution in [-0.2, 0) is 12.4 Å². The highest BCUT2D eigenvalue weighted by atomic mass is 19.4. The van der Waals surface area contributed by atoms with E-state index in [0.717, 1.165) is 48.5 Å². The largest absolute Gasteiger partial charge is 0.489 e. The van der Waals surface area contributed by atoms with Crippen molar-refractivity contribution in [3.8, 4) is 34.1 Å². The van der Waals surface area contributed by atoms with Gasteiger partial charge in [-0.25, -0.2) is 9.59 Å². The zero-order valence-corrected chi connectivity index (χ0v) is 22.1. The number of esters is 2. The number of ether oxygens (including phenoxy) is 4. The lowest BCUT2D eigenvalue weighted by molar-refractivity contribution is -0.138. The summed E-state index contributed by atoms with van der Waals surface area (Å²) in [7, 11) is 0. The molecule has 12 heteroatoms. The van der Waals surface area contributed by atoms with Gasteiger partial charge in [0.15, 0.2) is 0 Å². The summed E-state index contributed by atoms with van der Waals surface area (Å²) in [6, 6.07) is 15.9. The molecule has 0 saturated heterocycles. The molecule has 222 valence electrons. The van der Waals surface area contributed by atoms with E-state index in [9.17, 15) is 35.9 Å². The Bertz CT molecular complexity index is 1660. The number of fused-ring (bicyclic) bond motifs is 3. The molecule has 0 N–H and O–H groups in total. The van der Waals surface area contributed by atoms with E-state index in [0.29, 0.717) is 0 Å². The first-order valence-corrected chi connectivity index (χ1v) is 12.7. The van der Waals surface area contributed by atoms with Gasteiger partial charge in [-0.15, -0.1) is 0 Å². The Morgan fingerprint density at radius 1 is 0.651 bits per heavy atom. The van der Waals surface area contributed by atoms with Crippen molar-refractivity contribution in [3.63, 3.8) is 0 Å². The molecule has 1 aliphatic rings. The van der Waals surface area contributed by atoms with Gasteiger partial charge in [0, 0.05) is 0 Å². The molecule has 5 rings (SSSR count). The molecule has 1 atom stereocenters. The van der Waals surface area contributed by atoms with Gasteiger partial charge in [0.25, 0.3) is 0 Å². The summed E-state index contributed by atoms with van der Waals surface area (Å²) in [5, 5.41) is 0. The van der Waals surface area contributed by atoms with Crippen LogP contribution in [0.3, 0.4) is 0 Å². The number of hydrogen-bond donors (Lipinski definition) is 0. The van der Waals surface area contributed by atoms with Crippen molar-refractivity contribution in [3.05, 3.63) is 107 Å². The monoisotopic (exact) mass is 602 g/mol. The third-order valence-electron chi connectivity index (χ3n) is 6.33. The fourth-order valence-corrected chi connectivity index (χ4v) is 4.27. The van der Waals surface area contributed by atoms with E-state index in [1.54, 1.807) is 19.1 Å². The third kappa shape index (κ3) is 6.42. The summed E-state index contributed by atoms with van der Waals surface area (Å²) in [6.45, 7) is 1.81. The minimum atomic E-state index is -4.59. The SMILES string of the molecule is C[C@@H]1COc2cccc(OC(=O)c3ccc(C(F)(F)F)cc3)c2-c2c(OC(=O)c3ccc(C(F)(F)F)cc3)cccc2O1. The minimum Gasteiger partial charge on any atom is -0.489 e. The second-order valence-corrected chi connectivity index (χ2v) is 9.43. The molecule has 1 aliphatic heterocycles. The summed E-state index contributed by atoms with van der Waals surface area (Å²) in [5.41, 5.74) is -1.93. The lowest BCUT2D eigenvalue weighted by Crippen LogP contribution is -2.23. The molecule has 0 saturated carbocycles. The average molecular weight is 602 g/mol. The molecule has 6 nitrogen and oxygen atoms in total. The van der Waals surface area contributed by atoms with Crippen molar-refractivity contribution < 1.29 is 54.9 Å². The quantitative estimate of drug-likeness (QED) is 0.134. The van der Waals surface area contributed by atoms with Gasteiger partial charge in [-0.05, 0) is 79.7 Å². The Morgan fingerprint density at radius 2 is 1.07 bits per heavy atom. The van der Waals surface area contributed by atoms with E-state index in [4.69, 9.17) is 18.9 Å². The Balaban J connectivity index is 1.53. The predicted molar refractivity (Wildman–Crippen MR) is 140 cm³/mol. The number of rotatable bonds is 4. The highest BCUT2D eigenvalue weighted by Gasteiger charge is 2.32. The van der Waals surface area contributed by atoms with Crippen LogP contribution in [0.2, 0.25) is 0 Å². The van der Waals surface area contributed by atoms with Crippen molar-refractivity contribution in [2.45, 2.75) is 25.4 Å². The van der Waals surface area contributed by atoms with Crippen molar-refractivity contribution in [1.82, 2.24) is 0 Å². The zero-order chi connectivity index (χ0) is 30.9. The summed E-state index contributed by atoms with van der Waals surface area (Å²) in [5.74, 6) is -1.68. The third-order valence-corrected chi connectivity index (χ3v) is 6.33. The van der Waals surface area contributed by atoms with Gasteiger partial charge < -0.3 is 18.9 Å². The van der Waals surface area contributed by atoms with Crippen LogP contribution in [0.4, 0.5) is 26.3 Å². The Morgan fingerprint density at radius 3 is 1.51 bits per heavy atom. The van der Waals surface area contributed by atoms with Crippen LogP contribution in [0.1, 0.15) is 38.8 Å². The second-order valence-electron chi connectivity index (χ2n) is 9.43. The van der Waals surface area contributed by atoms with Gasteiger partial charge >= 0.3 is 24.3 Å². The highest BCUT2D eigenvalue weighted by molar-refractivity contribution is 5.96. The summed E-state index contributed by atoms with van der Waals surface area (Å²) in [4.78, 5) is 26.0. The molecular weight excluding hydrogens is 582 g/mol. The maximum absolute atomic E-state index is 13.0. The number of benzene rings is 4. The fraction of sp³-hybridized carbons (Fsp3) is 0.161. The molecule has 0 aromatic heterocycles. The van der Waals surface area contributed by atoms with Crippen LogP contribution in [-0.4, -0.2) is 24.6 Å². The second kappa shape index (κ2) is 11.3. The first kappa shape index (κ1) is 29.5. The van der Waals surface area contributed by atoms with E-state index >= 15 is 0 Å². The standard InChI is InChI=1S/C31H20F6O6/c1-17-16-40-22-4-2-6-24(42-28(38)18-8-12-20(13-9-18)30(32,33)34)26(22)27-23(41-17)5-3-7-25(27)43-29(39)19-10-14-21(15-11-19)31(35,36)37/h2-15,17H,16H2,1H3/t17-/m1/s1. The van der Waals surface area contributed by atoms with Crippen LogP contribution in [0.25, 0.3) is 11.1 Å². The predicted octanol–water partition coefficient (Wildman–Crippen LogP) is 7.99. The van der Waals surface area contributed by atoms with E-state index < -0.39 is 41.5 Å². The maximum Gasteiger partial charge on any atom is 0.416 e. The summed E-state index contributed by atoms with van der Waals surface area (Å²) < 4.78 is 101. The maximum atomic E-state index is 13.0. The fourth-order valence-electron chi connectivity index (χ4n) is 4.27. The number of carbonyl (C=O) groups is 2. The Kier molecular flexibility index (Phi) is 7.78. The van der Waals surface area contributed by atoms with Crippen molar-refractivity contribution >= 4 is 11.9 Å². The minimum absolute atomic E-state index is 0.0817. The molecule has 4 aromatic rings. The van der Waals surface area contributed by atoms with E-state index in [1.807, 2.05) is 0 Å². The van der Waals surface area contributed by atoms with E-state index in [-0.39, 0.29) is 51.9 Å².